The third-order valence-electron chi connectivity index (χ3n) is 1.32. The van der Waals surface area contributed by atoms with Crippen LogP contribution in [-0.4, -0.2) is 34.4 Å². The Morgan fingerprint density at radius 1 is 1.75 bits per heavy atom. The molecule has 12 heavy (non-hydrogen) atoms. The summed E-state index contributed by atoms with van der Waals surface area (Å²) in [5, 5.41) is 8.72. The van der Waals surface area contributed by atoms with E-state index in [1.807, 2.05) is 19.0 Å². The molecule has 0 radical (unpaired) electrons. The minimum Gasteiger partial charge on any atom is -0.477 e. The normalized spacial score (nSPS) is 10.6. The van der Waals surface area contributed by atoms with Crippen molar-refractivity contribution in [3.63, 3.8) is 0 Å². The van der Waals surface area contributed by atoms with Crippen molar-refractivity contribution < 1.29 is 9.90 Å². The standard InChI is InChI=1S/C7H10N2O2S/c1-9(2)4-5-3-8-12-6(5)7(10)11/h3H,4H2,1-2H3,(H,10,11). The summed E-state index contributed by atoms with van der Waals surface area (Å²) in [4.78, 5) is 12.9. The number of rotatable bonds is 3. The average molecular weight is 186 g/mol. The Bertz CT molecular complexity index is 283. The van der Waals surface area contributed by atoms with Gasteiger partial charge in [-0.2, -0.15) is 4.37 Å². The summed E-state index contributed by atoms with van der Waals surface area (Å²) in [5.74, 6) is -0.894. The highest BCUT2D eigenvalue weighted by atomic mass is 32.1. The van der Waals surface area contributed by atoms with Gasteiger partial charge in [0.15, 0.2) is 0 Å². The lowest BCUT2D eigenvalue weighted by atomic mass is 10.2. The summed E-state index contributed by atoms with van der Waals surface area (Å²) in [5.41, 5.74) is 0.775. The molecule has 0 aliphatic heterocycles. The molecule has 0 fully saturated rings. The Kier molecular flexibility index (Phi) is 2.78. The smallest absolute Gasteiger partial charge is 0.347 e. The fourth-order valence-electron chi connectivity index (χ4n) is 0.890. The summed E-state index contributed by atoms with van der Waals surface area (Å²) in [7, 11) is 3.78. The lowest BCUT2D eigenvalue weighted by molar-refractivity contribution is 0.0700. The van der Waals surface area contributed by atoms with E-state index in [9.17, 15) is 4.79 Å². The molecule has 0 aliphatic carbocycles. The third-order valence-corrected chi connectivity index (χ3v) is 2.16. The van der Waals surface area contributed by atoms with Crippen LogP contribution in [0, 0.1) is 0 Å². The molecule has 5 heteroatoms. The van der Waals surface area contributed by atoms with Gasteiger partial charge in [-0.25, -0.2) is 4.79 Å². The average Bonchev–Trinajstić information content (AvgIpc) is 2.33. The quantitative estimate of drug-likeness (QED) is 0.762. The van der Waals surface area contributed by atoms with Crippen LogP contribution in [0.15, 0.2) is 6.20 Å². The number of carboxylic acid groups (broad SMARTS) is 1. The first-order chi connectivity index (χ1) is 5.61. The Balaban J connectivity index is 2.84. The highest BCUT2D eigenvalue weighted by Gasteiger charge is 2.12. The van der Waals surface area contributed by atoms with Crippen LogP contribution in [0.5, 0.6) is 0 Å². The van der Waals surface area contributed by atoms with E-state index < -0.39 is 5.97 Å². The maximum atomic E-state index is 10.6. The van der Waals surface area contributed by atoms with Crippen LogP contribution in [0.2, 0.25) is 0 Å². The van der Waals surface area contributed by atoms with Gasteiger partial charge in [0.05, 0.1) is 0 Å². The number of nitrogens with zero attached hydrogens (tertiary/aromatic N) is 2. The Labute approximate surface area is 74.6 Å². The van der Waals surface area contributed by atoms with Gasteiger partial charge < -0.3 is 10.0 Å². The zero-order valence-electron chi connectivity index (χ0n) is 6.94. The summed E-state index contributed by atoms with van der Waals surface area (Å²) >= 11 is 1.02. The van der Waals surface area contributed by atoms with Crippen LogP contribution in [-0.2, 0) is 6.54 Å². The van der Waals surface area contributed by atoms with Crippen molar-refractivity contribution >= 4 is 17.5 Å². The molecule has 0 unspecified atom stereocenters. The number of carbonyl (C=O) groups is 1. The topological polar surface area (TPSA) is 53.4 Å². The van der Waals surface area contributed by atoms with E-state index in [2.05, 4.69) is 4.37 Å². The fraction of sp³-hybridized carbons (Fsp3) is 0.429. The first kappa shape index (κ1) is 9.15. The number of aromatic carboxylic acids is 1. The van der Waals surface area contributed by atoms with Gasteiger partial charge in [0.25, 0.3) is 0 Å². The molecule has 66 valence electrons. The second kappa shape index (κ2) is 3.64. The second-order valence-electron chi connectivity index (χ2n) is 2.72. The molecule has 1 rings (SSSR count). The molecular weight excluding hydrogens is 176 g/mol. The number of carboxylic acids is 1. The monoisotopic (exact) mass is 186 g/mol. The van der Waals surface area contributed by atoms with Crippen LogP contribution in [0.4, 0.5) is 0 Å². The molecule has 0 amide bonds. The first-order valence-corrected chi connectivity index (χ1v) is 4.20. The van der Waals surface area contributed by atoms with E-state index in [4.69, 9.17) is 5.11 Å². The molecule has 0 spiro atoms. The molecule has 0 aliphatic rings. The maximum Gasteiger partial charge on any atom is 0.347 e. The highest BCUT2D eigenvalue weighted by Crippen LogP contribution is 2.14. The molecule has 1 aromatic rings. The maximum absolute atomic E-state index is 10.6. The lowest BCUT2D eigenvalue weighted by Crippen LogP contribution is -2.12. The molecule has 0 aromatic carbocycles. The minimum atomic E-state index is -0.894. The van der Waals surface area contributed by atoms with Crippen LogP contribution >= 0.6 is 11.5 Å². The van der Waals surface area contributed by atoms with E-state index in [1.54, 1.807) is 6.20 Å². The predicted octanol–water partition coefficient (Wildman–Crippen LogP) is 0.903. The predicted molar refractivity (Wildman–Crippen MR) is 46.5 cm³/mol. The number of hydrogen-bond donors (Lipinski definition) is 1. The van der Waals surface area contributed by atoms with Crippen molar-refractivity contribution in [3.8, 4) is 0 Å². The van der Waals surface area contributed by atoms with Gasteiger partial charge in [-0.05, 0) is 25.6 Å². The molecule has 1 N–H and O–H groups in total. The van der Waals surface area contributed by atoms with E-state index in [-0.39, 0.29) is 0 Å². The van der Waals surface area contributed by atoms with Crippen molar-refractivity contribution in [1.82, 2.24) is 9.27 Å². The molecular formula is C7H10N2O2S. The van der Waals surface area contributed by atoms with Crippen molar-refractivity contribution in [2.75, 3.05) is 14.1 Å². The molecule has 4 nitrogen and oxygen atoms in total. The number of aromatic nitrogens is 1. The second-order valence-corrected chi connectivity index (χ2v) is 3.52. The minimum absolute atomic E-state index is 0.337. The van der Waals surface area contributed by atoms with Crippen molar-refractivity contribution in [1.29, 1.82) is 0 Å². The van der Waals surface area contributed by atoms with Gasteiger partial charge in [0, 0.05) is 18.3 Å². The molecule has 0 saturated heterocycles. The third kappa shape index (κ3) is 2.02. The zero-order valence-corrected chi connectivity index (χ0v) is 7.76. The zero-order chi connectivity index (χ0) is 9.14. The van der Waals surface area contributed by atoms with Crippen LogP contribution in [0.3, 0.4) is 0 Å². The fourth-order valence-corrected chi connectivity index (χ4v) is 1.49. The van der Waals surface area contributed by atoms with E-state index >= 15 is 0 Å². The van der Waals surface area contributed by atoms with Crippen LogP contribution < -0.4 is 0 Å². The van der Waals surface area contributed by atoms with Gasteiger partial charge in [-0.3, -0.25) is 0 Å². The van der Waals surface area contributed by atoms with Gasteiger partial charge in [-0.15, -0.1) is 0 Å². The van der Waals surface area contributed by atoms with Gasteiger partial charge in [-0.1, -0.05) is 0 Å². The molecule has 0 saturated carbocycles. The Morgan fingerprint density at radius 3 is 2.92 bits per heavy atom. The molecule has 0 atom stereocenters. The first-order valence-electron chi connectivity index (χ1n) is 3.43. The summed E-state index contributed by atoms with van der Waals surface area (Å²) < 4.78 is 3.83. The van der Waals surface area contributed by atoms with Crippen LogP contribution in [0.25, 0.3) is 0 Å². The number of hydrogen-bond acceptors (Lipinski definition) is 4. The SMILES string of the molecule is CN(C)Cc1cnsc1C(=O)O. The van der Waals surface area contributed by atoms with Gasteiger partial charge in [0.1, 0.15) is 4.88 Å². The van der Waals surface area contributed by atoms with Crippen molar-refractivity contribution in [2.24, 2.45) is 0 Å². The van der Waals surface area contributed by atoms with Crippen molar-refractivity contribution in [3.05, 3.63) is 16.6 Å². The molecule has 1 aromatic heterocycles. The van der Waals surface area contributed by atoms with E-state index in [0.717, 1.165) is 17.1 Å². The molecule has 0 bridgehead atoms. The largest absolute Gasteiger partial charge is 0.477 e. The highest BCUT2D eigenvalue weighted by molar-refractivity contribution is 7.08. The van der Waals surface area contributed by atoms with Crippen LogP contribution in [0.1, 0.15) is 15.2 Å². The van der Waals surface area contributed by atoms with E-state index in [0.29, 0.717) is 11.4 Å². The Hall–Kier alpha value is -0.940. The summed E-state index contributed by atoms with van der Waals surface area (Å²) in [6.07, 6.45) is 1.61. The van der Waals surface area contributed by atoms with E-state index in [1.165, 1.54) is 0 Å². The van der Waals surface area contributed by atoms with Gasteiger partial charge in [0.2, 0.25) is 0 Å². The summed E-state index contributed by atoms with van der Waals surface area (Å²) in [6, 6.07) is 0. The Morgan fingerprint density at radius 2 is 2.42 bits per heavy atom. The van der Waals surface area contributed by atoms with Gasteiger partial charge >= 0.3 is 5.97 Å². The summed E-state index contributed by atoms with van der Waals surface area (Å²) in [6.45, 7) is 0.623. The lowest BCUT2D eigenvalue weighted by Gasteiger charge is -2.07. The van der Waals surface area contributed by atoms with Crippen molar-refractivity contribution in [2.45, 2.75) is 6.54 Å². The molecule has 1 heterocycles.